The summed E-state index contributed by atoms with van der Waals surface area (Å²) < 4.78 is 32.6. The van der Waals surface area contributed by atoms with E-state index in [-0.39, 0.29) is 4.90 Å². The highest BCUT2D eigenvalue weighted by molar-refractivity contribution is 7.89. The van der Waals surface area contributed by atoms with Crippen molar-refractivity contribution in [3.05, 3.63) is 23.8 Å². The van der Waals surface area contributed by atoms with Gasteiger partial charge in [0.05, 0.1) is 24.5 Å². The number of ether oxygens (including phenoxy) is 2. The summed E-state index contributed by atoms with van der Waals surface area (Å²) in [7, 11) is -2.51. The first-order valence-corrected chi connectivity index (χ1v) is 6.85. The molecule has 0 spiro atoms. The molecule has 18 heavy (non-hydrogen) atoms. The third-order valence-electron chi connectivity index (χ3n) is 2.83. The maximum Gasteiger partial charge on any atom is 0.313 e. The fraction of sp³-hybridized carbons (Fsp3) is 0.364. The molecule has 0 aliphatic carbocycles. The third kappa shape index (κ3) is 2.32. The molecule has 2 N–H and O–H groups in total. The van der Waals surface area contributed by atoms with Gasteiger partial charge in [0.15, 0.2) is 0 Å². The summed E-state index contributed by atoms with van der Waals surface area (Å²) in [5, 5.41) is 5.06. The number of esters is 1. The van der Waals surface area contributed by atoms with Crippen LogP contribution in [0, 0.1) is 0 Å². The summed E-state index contributed by atoms with van der Waals surface area (Å²) in [6, 6.07) is 4.23. The first-order valence-electron chi connectivity index (χ1n) is 5.31. The van der Waals surface area contributed by atoms with Gasteiger partial charge in [-0.25, -0.2) is 13.6 Å². The zero-order valence-corrected chi connectivity index (χ0v) is 10.6. The van der Waals surface area contributed by atoms with Crippen LogP contribution in [0.4, 0.5) is 0 Å². The summed E-state index contributed by atoms with van der Waals surface area (Å²) >= 11 is 0. The summed E-state index contributed by atoms with van der Waals surface area (Å²) in [6.45, 7) is 0.390. The summed E-state index contributed by atoms with van der Waals surface area (Å²) in [5.74, 6) is -0.435. The molecule has 2 rings (SSSR count). The average Bonchev–Trinajstić information content (AvgIpc) is 2.35. The number of nitrogens with two attached hydrogens (primary N) is 1. The van der Waals surface area contributed by atoms with Gasteiger partial charge in [-0.1, -0.05) is 0 Å². The van der Waals surface area contributed by atoms with Gasteiger partial charge in [0, 0.05) is 5.56 Å². The molecule has 1 aliphatic heterocycles. The Morgan fingerprint density at radius 2 is 2.22 bits per heavy atom. The smallest absolute Gasteiger partial charge is 0.313 e. The number of primary sulfonamides is 1. The van der Waals surface area contributed by atoms with Crippen molar-refractivity contribution in [1.29, 1.82) is 0 Å². The maximum absolute atomic E-state index is 11.6. The van der Waals surface area contributed by atoms with E-state index < -0.39 is 21.9 Å². The van der Waals surface area contributed by atoms with Crippen LogP contribution in [0.5, 0.6) is 5.75 Å². The quantitative estimate of drug-likeness (QED) is 0.784. The fourth-order valence-corrected chi connectivity index (χ4v) is 2.49. The minimum absolute atomic E-state index is 0.0411. The minimum atomic E-state index is -3.80. The number of sulfonamides is 1. The van der Waals surface area contributed by atoms with Crippen LogP contribution in [0.2, 0.25) is 0 Å². The molecule has 1 unspecified atom stereocenters. The van der Waals surface area contributed by atoms with Gasteiger partial charge in [-0.15, -0.1) is 0 Å². The van der Waals surface area contributed by atoms with Gasteiger partial charge in [0.2, 0.25) is 10.0 Å². The number of fused-ring (bicyclic) bond motifs is 1. The Bertz CT molecular complexity index is 581. The zero-order chi connectivity index (χ0) is 13.3. The van der Waals surface area contributed by atoms with E-state index in [2.05, 4.69) is 0 Å². The van der Waals surface area contributed by atoms with E-state index in [0.717, 1.165) is 0 Å². The second-order valence-electron chi connectivity index (χ2n) is 3.96. The summed E-state index contributed by atoms with van der Waals surface area (Å²) in [4.78, 5) is 11.6. The Morgan fingerprint density at radius 1 is 1.50 bits per heavy atom. The van der Waals surface area contributed by atoms with Crippen LogP contribution in [0.25, 0.3) is 0 Å². The van der Waals surface area contributed by atoms with Gasteiger partial charge in [-0.3, -0.25) is 4.79 Å². The van der Waals surface area contributed by atoms with E-state index in [9.17, 15) is 13.2 Å². The van der Waals surface area contributed by atoms with Crippen LogP contribution in [0.3, 0.4) is 0 Å². The Balaban J connectivity index is 2.51. The van der Waals surface area contributed by atoms with Gasteiger partial charge in [-0.05, 0) is 24.6 Å². The molecule has 1 atom stereocenters. The molecule has 98 valence electrons. The monoisotopic (exact) mass is 271 g/mol. The molecule has 1 heterocycles. The molecule has 0 aromatic heterocycles. The summed E-state index contributed by atoms with van der Waals surface area (Å²) in [6.07, 6.45) is 0.452. The lowest BCUT2D eigenvalue weighted by Gasteiger charge is -2.24. The van der Waals surface area contributed by atoms with Crippen LogP contribution in [0.1, 0.15) is 17.9 Å². The number of hydrogen-bond acceptors (Lipinski definition) is 5. The summed E-state index contributed by atoms with van der Waals surface area (Å²) in [5.41, 5.74) is 0.500. The van der Waals surface area contributed by atoms with Gasteiger partial charge < -0.3 is 9.47 Å². The van der Waals surface area contributed by atoms with Gasteiger partial charge in [-0.2, -0.15) is 0 Å². The molecule has 0 fully saturated rings. The van der Waals surface area contributed by atoms with Crippen molar-refractivity contribution in [1.82, 2.24) is 0 Å². The third-order valence-corrected chi connectivity index (χ3v) is 3.75. The van der Waals surface area contributed by atoms with E-state index >= 15 is 0 Å². The predicted octanol–water partition coefficient (Wildman–Crippen LogP) is 0.373. The molecular weight excluding hydrogens is 258 g/mol. The van der Waals surface area contributed by atoms with E-state index in [1.165, 1.54) is 25.3 Å². The number of methoxy groups -OCH3 is 1. The fourth-order valence-electron chi connectivity index (χ4n) is 1.94. The molecule has 0 bridgehead atoms. The second-order valence-corrected chi connectivity index (χ2v) is 5.52. The Labute approximate surface area is 105 Å². The Morgan fingerprint density at radius 3 is 2.83 bits per heavy atom. The highest BCUT2D eigenvalue weighted by Crippen LogP contribution is 2.35. The van der Waals surface area contributed by atoms with E-state index in [4.69, 9.17) is 14.6 Å². The predicted molar refractivity (Wildman–Crippen MR) is 62.7 cm³/mol. The molecule has 0 saturated carbocycles. The lowest BCUT2D eigenvalue weighted by Crippen LogP contribution is -2.23. The highest BCUT2D eigenvalue weighted by Gasteiger charge is 2.29. The lowest BCUT2D eigenvalue weighted by molar-refractivity contribution is -0.143. The molecule has 1 aromatic rings. The van der Waals surface area contributed by atoms with Crippen molar-refractivity contribution < 1.29 is 22.7 Å². The van der Waals surface area contributed by atoms with Crippen LogP contribution in [-0.4, -0.2) is 28.1 Å². The van der Waals surface area contributed by atoms with Gasteiger partial charge in [0.1, 0.15) is 5.75 Å². The van der Waals surface area contributed by atoms with E-state index in [1.54, 1.807) is 0 Å². The standard InChI is InChI=1S/C11H13NO5S/c1-16-11(13)8-4-5-17-10-3-2-7(6-9(8)10)18(12,14)15/h2-3,6,8H,4-5H2,1H3,(H2,12,14,15). The Kier molecular flexibility index (Phi) is 3.27. The molecule has 0 amide bonds. The van der Waals surface area contributed by atoms with E-state index in [1.807, 2.05) is 0 Å². The van der Waals surface area contributed by atoms with Crippen molar-refractivity contribution in [2.75, 3.05) is 13.7 Å². The van der Waals surface area contributed by atoms with Crippen molar-refractivity contribution >= 4 is 16.0 Å². The normalized spacial score (nSPS) is 18.7. The topological polar surface area (TPSA) is 95.7 Å². The molecule has 1 aromatic carbocycles. The van der Waals surface area contributed by atoms with Gasteiger partial charge >= 0.3 is 5.97 Å². The van der Waals surface area contributed by atoms with Crippen LogP contribution < -0.4 is 9.88 Å². The van der Waals surface area contributed by atoms with Crippen molar-refractivity contribution in [3.8, 4) is 5.75 Å². The first-order chi connectivity index (χ1) is 8.43. The molecular formula is C11H13NO5S. The van der Waals surface area contributed by atoms with Crippen LogP contribution in [-0.2, 0) is 19.6 Å². The number of benzene rings is 1. The van der Waals surface area contributed by atoms with Crippen LogP contribution in [0.15, 0.2) is 23.1 Å². The number of rotatable bonds is 2. The van der Waals surface area contributed by atoms with Gasteiger partial charge in [0.25, 0.3) is 0 Å². The van der Waals surface area contributed by atoms with E-state index in [0.29, 0.717) is 24.3 Å². The molecule has 7 heteroatoms. The minimum Gasteiger partial charge on any atom is -0.493 e. The number of carbonyl (C=O) groups is 1. The number of hydrogen-bond donors (Lipinski definition) is 1. The average molecular weight is 271 g/mol. The largest absolute Gasteiger partial charge is 0.493 e. The number of carbonyl (C=O) groups excluding carboxylic acids is 1. The van der Waals surface area contributed by atoms with Crippen molar-refractivity contribution in [2.45, 2.75) is 17.2 Å². The van der Waals surface area contributed by atoms with Crippen molar-refractivity contribution in [2.24, 2.45) is 5.14 Å². The molecule has 6 nitrogen and oxygen atoms in total. The first kappa shape index (κ1) is 12.8. The SMILES string of the molecule is COC(=O)C1CCOc2ccc(S(N)(=O)=O)cc21. The Hall–Kier alpha value is -1.60. The molecule has 0 saturated heterocycles. The second kappa shape index (κ2) is 4.58. The lowest BCUT2D eigenvalue weighted by atomic mass is 9.93. The maximum atomic E-state index is 11.6. The molecule has 0 radical (unpaired) electrons. The highest BCUT2D eigenvalue weighted by atomic mass is 32.2. The zero-order valence-electron chi connectivity index (χ0n) is 9.75. The molecule has 1 aliphatic rings. The van der Waals surface area contributed by atoms with Crippen LogP contribution >= 0.6 is 0 Å². The van der Waals surface area contributed by atoms with Crippen molar-refractivity contribution in [3.63, 3.8) is 0 Å².